The zero-order valence-electron chi connectivity index (χ0n) is 19.7. The zero-order valence-corrected chi connectivity index (χ0v) is 19.7. The van der Waals surface area contributed by atoms with Crippen LogP contribution in [-0.4, -0.2) is 23.4 Å². The second-order valence-corrected chi connectivity index (χ2v) is 8.96. The molecule has 188 valence electrons. The fraction of sp³-hybridized carbons (Fsp3) is 0.286. The first-order valence-electron chi connectivity index (χ1n) is 11.9. The highest BCUT2D eigenvalue weighted by molar-refractivity contribution is 5.76. The molecule has 1 aliphatic heterocycles. The number of halogens is 3. The molecule has 3 aromatic rings. The minimum Gasteiger partial charge on any atom is -0.370 e. The molecular formula is C28H28F3N3O2. The Kier molecular flexibility index (Phi) is 7.62. The summed E-state index contributed by atoms with van der Waals surface area (Å²) in [5.74, 6) is -0.371. The Morgan fingerprint density at radius 3 is 2.36 bits per heavy atom. The number of primary amides is 1. The van der Waals surface area contributed by atoms with Crippen molar-refractivity contribution in [2.75, 3.05) is 6.54 Å². The highest BCUT2D eigenvalue weighted by Crippen LogP contribution is 2.34. The molecule has 3 aromatic carbocycles. The molecule has 3 amide bonds. The molecule has 0 spiro atoms. The topological polar surface area (TPSA) is 75.4 Å². The number of carbonyl (C=O) groups is 2. The minimum absolute atomic E-state index is 0.200. The lowest BCUT2D eigenvalue weighted by Gasteiger charge is -2.32. The van der Waals surface area contributed by atoms with E-state index in [-0.39, 0.29) is 24.4 Å². The van der Waals surface area contributed by atoms with Gasteiger partial charge in [-0.3, -0.25) is 4.79 Å². The number of nitrogens with one attached hydrogen (secondary N) is 1. The van der Waals surface area contributed by atoms with Crippen LogP contribution in [0.25, 0.3) is 11.1 Å². The summed E-state index contributed by atoms with van der Waals surface area (Å²) in [5, 5.41) is 3.10. The summed E-state index contributed by atoms with van der Waals surface area (Å²) in [6, 6.07) is 20.0. The average Bonchev–Trinajstić information content (AvgIpc) is 2.87. The van der Waals surface area contributed by atoms with Gasteiger partial charge in [0.2, 0.25) is 5.91 Å². The SMILES string of the molecule is NC(=O)CCC[C@H](NC(=O)N1CCc2c(cccc2-c2ccc(C(F)(F)F)cc2)C1)c1ccccc1. The maximum absolute atomic E-state index is 13.2. The number of hydrogen-bond acceptors (Lipinski definition) is 2. The lowest BCUT2D eigenvalue weighted by atomic mass is 9.90. The quantitative estimate of drug-likeness (QED) is 0.432. The number of urea groups is 1. The number of nitrogens with two attached hydrogens (primary N) is 1. The van der Waals surface area contributed by atoms with Crippen LogP contribution in [0.1, 0.15) is 47.6 Å². The molecule has 0 aliphatic carbocycles. The molecule has 0 bridgehead atoms. The Hall–Kier alpha value is -3.81. The zero-order chi connectivity index (χ0) is 25.7. The van der Waals surface area contributed by atoms with Crippen molar-refractivity contribution in [1.82, 2.24) is 10.2 Å². The third-order valence-corrected chi connectivity index (χ3v) is 6.49. The van der Waals surface area contributed by atoms with Crippen molar-refractivity contribution < 1.29 is 22.8 Å². The van der Waals surface area contributed by atoms with Crippen LogP contribution in [0.4, 0.5) is 18.0 Å². The summed E-state index contributed by atoms with van der Waals surface area (Å²) in [5.41, 5.74) is 9.17. The van der Waals surface area contributed by atoms with Gasteiger partial charge in [-0.05, 0) is 59.2 Å². The smallest absolute Gasteiger partial charge is 0.370 e. The fourth-order valence-electron chi connectivity index (χ4n) is 4.62. The van der Waals surface area contributed by atoms with Gasteiger partial charge in [-0.15, -0.1) is 0 Å². The summed E-state index contributed by atoms with van der Waals surface area (Å²) >= 11 is 0. The summed E-state index contributed by atoms with van der Waals surface area (Å²) in [6.07, 6.45) is -2.38. The summed E-state index contributed by atoms with van der Waals surface area (Å²) < 4.78 is 38.9. The number of benzene rings is 3. The van der Waals surface area contributed by atoms with Crippen molar-refractivity contribution in [2.45, 2.75) is 44.4 Å². The molecule has 0 unspecified atom stereocenters. The number of fused-ring (bicyclic) bond motifs is 1. The Morgan fingerprint density at radius 1 is 0.972 bits per heavy atom. The summed E-state index contributed by atoms with van der Waals surface area (Å²) in [6.45, 7) is 0.887. The first kappa shape index (κ1) is 25.3. The highest BCUT2D eigenvalue weighted by atomic mass is 19.4. The Balaban J connectivity index is 1.48. The molecule has 4 rings (SSSR count). The Labute approximate surface area is 208 Å². The van der Waals surface area contributed by atoms with Gasteiger partial charge in [0.15, 0.2) is 0 Å². The van der Waals surface area contributed by atoms with Crippen LogP contribution in [0.15, 0.2) is 72.8 Å². The molecule has 1 heterocycles. The van der Waals surface area contributed by atoms with Gasteiger partial charge in [0.1, 0.15) is 0 Å². The van der Waals surface area contributed by atoms with Gasteiger partial charge in [-0.2, -0.15) is 13.2 Å². The molecule has 1 aliphatic rings. The van der Waals surface area contributed by atoms with Crippen molar-refractivity contribution >= 4 is 11.9 Å². The van der Waals surface area contributed by atoms with Gasteiger partial charge in [0.25, 0.3) is 0 Å². The maximum Gasteiger partial charge on any atom is 0.416 e. The number of nitrogens with zero attached hydrogens (tertiary/aromatic N) is 1. The molecule has 5 nitrogen and oxygen atoms in total. The second-order valence-electron chi connectivity index (χ2n) is 8.96. The van der Waals surface area contributed by atoms with E-state index in [0.717, 1.165) is 39.9 Å². The number of hydrogen-bond donors (Lipinski definition) is 2. The van der Waals surface area contributed by atoms with Crippen molar-refractivity contribution in [2.24, 2.45) is 5.73 Å². The van der Waals surface area contributed by atoms with Gasteiger partial charge in [0.05, 0.1) is 11.6 Å². The second kappa shape index (κ2) is 10.8. The Bertz CT molecular complexity index is 1210. The Morgan fingerprint density at radius 2 is 1.69 bits per heavy atom. The molecule has 0 fully saturated rings. The number of alkyl halides is 3. The third kappa shape index (κ3) is 6.05. The van der Waals surface area contributed by atoms with Crippen molar-refractivity contribution in [3.8, 4) is 11.1 Å². The van der Waals surface area contributed by atoms with E-state index < -0.39 is 11.7 Å². The monoisotopic (exact) mass is 495 g/mol. The predicted molar refractivity (Wildman–Crippen MR) is 132 cm³/mol. The molecule has 8 heteroatoms. The van der Waals surface area contributed by atoms with E-state index in [2.05, 4.69) is 5.32 Å². The lowest BCUT2D eigenvalue weighted by molar-refractivity contribution is -0.137. The van der Waals surface area contributed by atoms with Gasteiger partial charge in [0, 0.05) is 19.5 Å². The molecule has 36 heavy (non-hydrogen) atoms. The highest BCUT2D eigenvalue weighted by Gasteiger charge is 2.30. The van der Waals surface area contributed by atoms with Crippen LogP contribution in [0.3, 0.4) is 0 Å². The van der Waals surface area contributed by atoms with Gasteiger partial charge in [-0.1, -0.05) is 60.7 Å². The number of amides is 3. The molecular weight excluding hydrogens is 467 g/mol. The lowest BCUT2D eigenvalue weighted by Crippen LogP contribution is -2.44. The molecule has 0 radical (unpaired) electrons. The number of rotatable bonds is 7. The molecule has 0 saturated carbocycles. The third-order valence-electron chi connectivity index (χ3n) is 6.49. The van der Waals surface area contributed by atoms with Crippen LogP contribution in [-0.2, 0) is 23.9 Å². The standard InChI is InChI=1S/C28H28F3N3O2/c29-28(30,31)22-14-12-19(13-15-22)23-9-4-8-21-18-34(17-16-24(21)23)27(36)33-25(10-5-11-26(32)35)20-6-2-1-3-7-20/h1-4,6-9,12-15,25H,5,10-11,16-18H2,(H2,32,35)(H,33,36)/t25-/m0/s1. The number of carbonyl (C=O) groups excluding carboxylic acids is 2. The van der Waals surface area contributed by atoms with Crippen LogP contribution in [0, 0.1) is 0 Å². The van der Waals surface area contributed by atoms with E-state index in [1.807, 2.05) is 48.5 Å². The minimum atomic E-state index is -4.38. The maximum atomic E-state index is 13.2. The summed E-state index contributed by atoms with van der Waals surface area (Å²) in [7, 11) is 0. The first-order valence-corrected chi connectivity index (χ1v) is 11.9. The van der Waals surface area contributed by atoms with Crippen LogP contribution in [0.2, 0.25) is 0 Å². The largest absolute Gasteiger partial charge is 0.416 e. The summed E-state index contributed by atoms with van der Waals surface area (Å²) in [4.78, 5) is 26.1. The van der Waals surface area contributed by atoms with E-state index >= 15 is 0 Å². The van der Waals surface area contributed by atoms with Crippen LogP contribution < -0.4 is 11.1 Å². The van der Waals surface area contributed by atoms with Gasteiger partial charge in [-0.25, -0.2) is 4.79 Å². The van der Waals surface area contributed by atoms with Crippen molar-refractivity contribution in [1.29, 1.82) is 0 Å². The molecule has 1 atom stereocenters. The van der Waals surface area contributed by atoms with E-state index in [9.17, 15) is 22.8 Å². The van der Waals surface area contributed by atoms with Crippen molar-refractivity contribution in [3.05, 3.63) is 95.1 Å². The van der Waals surface area contributed by atoms with E-state index in [1.165, 1.54) is 12.1 Å². The van der Waals surface area contributed by atoms with E-state index in [1.54, 1.807) is 4.90 Å². The van der Waals surface area contributed by atoms with Crippen molar-refractivity contribution in [3.63, 3.8) is 0 Å². The van der Waals surface area contributed by atoms with E-state index in [0.29, 0.717) is 32.4 Å². The molecule has 0 saturated heterocycles. The predicted octanol–water partition coefficient (Wildman–Crippen LogP) is 5.84. The van der Waals surface area contributed by atoms with E-state index in [4.69, 9.17) is 5.73 Å². The molecule has 3 N–H and O–H groups in total. The van der Waals surface area contributed by atoms with Gasteiger partial charge >= 0.3 is 12.2 Å². The molecule has 0 aromatic heterocycles. The first-order chi connectivity index (χ1) is 17.2. The van der Waals surface area contributed by atoms with Crippen LogP contribution >= 0.6 is 0 Å². The van der Waals surface area contributed by atoms with Gasteiger partial charge < -0.3 is 16.0 Å². The van der Waals surface area contributed by atoms with Crippen LogP contribution in [0.5, 0.6) is 0 Å². The fourth-order valence-corrected chi connectivity index (χ4v) is 4.62. The average molecular weight is 496 g/mol. The normalized spacial score (nSPS) is 14.1.